The Balaban J connectivity index is 1.46. The van der Waals surface area contributed by atoms with E-state index in [4.69, 9.17) is 4.98 Å². The lowest BCUT2D eigenvalue weighted by Crippen LogP contribution is -2.48. The number of aromatic amines is 1. The SMILES string of the molecule is Cc1c(C(=O)N2CCCC3(CCc4cnc(N(C)C)nc43)C2)[nH]c2c1C(=O)CCC2. The van der Waals surface area contributed by atoms with Crippen molar-refractivity contribution in [3.05, 3.63) is 40.0 Å². The van der Waals surface area contributed by atoms with Gasteiger partial charge in [-0.25, -0.2) is 9.97 Å². The predicted molar refractivity (Wildman–Crippen MR) is 114 cm³/mol. The molecular formula is C23H29N5O2. The number of anilines is 1. The van der Waals surface area contributed by atoms with Gasteiger partial charge in [0.05, 0.1) is 5.69 Å². The number of aromatic nitrogens is 3. The van der Waals surface area contributed by atoms with Gasteiger partial charge in [0.25, 0.3) is 5.91 Å². The Labute approximate surface area is 176 Å². The summed E-state index contributed by atoms with van der Waals surface area (Å²) in [4.78, 5) is 42.5. The third-order valence-corrected chi connectivity index (χ3v) is 7.14. The van der Waals surface area contributed by atoms with Crippen molar-refractivity contribution in [2.45, 2.75) is 57.3 Å². The number of hydrogen-bond donors (Lipinski definition) is 1. The minimum absolute atomic E-state index is 0.0177. The zero-order chi connectivity index (χ0) is 21.0. The molecule has 7 heteroatoms. The number of likely N-dealkylation sites (tertiary alicyclic amines) is 1. The summed E-state index contributed by atoms with van der Waals surface area (Å²) >= 11 is 0. The van der Waals surface area contributed by atoms with E-state index in [1.807, 2.05) is 37.0 Å². The smallest absolute Gasteiger partial charge is 0.270 e. The van der Waals surface area contributed by atoms with Crippen molar-refractivity contribution in [2.75, 3.05) is 32.1 Å². The maximum Gasteiger partial charge on any atom is 0.270 e. The molecule has 0 radical (unpaired) electrons. The molecule has 2 aliphatic carbocycles. The average Bonchev–Trinajstić information content (AvgIpc) is 3.26. The molecule has 30 heavy (non-hydrogen) atoms. The van der Waals surface area contributed by atoms with Crippen LogP contribution in [0, 0.1) is 6.92 Å². The van der Waals surface area contributed by atoms with Crippen LogP contribution in [-0.4, -0.2) is 58.7 Å². The molecule has 5 rings (SSSR count). The minimum atomic E-state index is -0.0904. The van der Waals surface area contributed by atoms with Crippen molar-refractivity contribution >= 4 is 17.6 Å². The molecule has 3 heterocycles. The number of Topliss-reactive ketones (excluding diaryl/α,β-unsaturated/α-hetero) is 1. The molecule has 158 valence electrons. The molecule has 1 fully saturated rings. The first-order valence-electron chi connectivity index (χ1n) is 11.0. The van der Waals surface area contributed by atoms with Gasteiger partial charge in [-0.3, -0.25) is 9.59 Å². The molecule has 1 unspecified atom stereocenters. The Morgan fingerprint density at radius 3 is 2.80 bits per heavy atom. The van der Waals surface area contributed by atoms with Crippen LogP contribution in [0.4, 0.5) is 5.95 Å². The molecule has 0 saturated carbocycles. The number of aryl methyl sites for hydroxylation is 2. The van der Waals surface area contributed by atoms with Crippen LogP contribution in [0.3, 0.4) is 0 Å². The summed E-state index contributed by atoms with van der Waals surface area (Å²) < 4.78 is 0. The molecular weight excluding hydrogens is 378 g/mol. The van der Waals surface area contributed by atoms with Crippen LogP contribution in [0.2, 0.25) is 0 Å². The molecule has 1 amide bonds. The minimum Gasteiger partial charge on any atom is -0.354 e. The zero-order valence-corrected chi connectivity index (χ0v) is 18.0. The summed E-state index contributed by atoms with van der Waals surface area (Å²) in [5, 5.41) is 0. The second-order valence-corrected chi connectivity index (χ2v) is 9.30. The number of carbonyl (C=O) groups excluding carboxylic acids is 2. The van der Waals surface area contributed by atoms with Gasteiger partial charge in [-0.2, -0.15) is 0 Å². The van der Waals surface area contributed by atoms with Crippen molar-refractivity contribution in [2.24, 2.45) is 0 Å². The summed E-state index contributed by atoms with van der Waals surface area (Å²) in [6.07, 6.45) is 8.23. The summed E-state index contributed by atoms with van der Waals surface area (Å²) in [6.45, 7) is 3.34. The number of piperidine rings is 1. The predicted octanol–water partition coefficient (Wildman–Crippen LogP) is 2.82. The molecule has 1 N–H and O–H groups in total. The fourth-order valence-corrected chi connectivity index (χ4v) is 5.60. The van der Waals surface area contributed by atoms with Crippen molar-refractivity contribution in [3.8, 4) is 0 Å². The average molecular weight is 408 g/mol. The van der Waals surface area contributed by atoms with Crippen LogP contribution in [0.5, 0.6) is 0 Å². The van der Waals surface area contributed by atoms with Gasteiger partial charge in [0.1, 0.15) is 5.69 Å². The standard InChI is InChI=1S/C23H29N5O2/c1-14-18-16(6-4-7-17(18)29)25-19(14)21(30)28-11-5-9-23(13-28)10-8-15-12-24-22(27(2)3)26-20(15)23/h12,25H,4-11,13H2,1-3H3. The second-order valence-electron chi connectivity index (χ2n) is 9.30. The number of fused-ring (bicyclic) bond motifs is 3. The van der Waals surface area contributed by atoms with Gasteiger partial charge in [0.15, 0.2) is 5.78 Å². The number of nitrogens with one attached hydrogen (secondary N) is 1. The van der Waals surface area contributed by atoms with Crippen LogP contribution < -0.4 is 4.90 Å². The van der Waals surface area contributed by atoms with Gasteiger partial charge in [0.2, 0.25) is 5.95 Å². The molecule has 1 atom stereocenters. The number of hydrogen-bond acceptors (Lipinski definition) is 5. The van der Waals surface area contributed by atoms with E-state index in [-0.39, 0.29) is 17.1 Å². The largest absolute Gasteiger partial charge is 0.354 e. The monoisotopic (exact) mass is 407 g/mol. The number of carbonyl (C=O) groups is 2. The lowest BCUT2D eigenvalue weighted by atomic mass is 9.77. The molecule has 1 spiro atoms. The Morgan fingerprint density at radius 1 is 1.20 bits per heavy atom. The van der Waals surface area contributed by atoms with Gasteiger partial charge in [-0.15, -0.1) is 0 Å². The topological polar surface area (TPSA) is 82.2 Å². The molecule has 0 aromatic carbocycles. The molecule has 1 saturated heterocycles. The van der Waals surface area contributed by atoms with Crippen LogP contribution in [-0.2, 0) is 18.3 Å². The molecule has 7 nitrogen and oxygen atoms in total. The zero-order valence-electron chi connectivity index (χ0n) is 18.0. The maximum absolute atomic E-state index is 13.5. The number of nitrogens with zero attached hydrogens (tertiary/aromatic N) is 4. The van der Waals surface area contributed by atoms with E-state index in [0.29, 0.717) is 18.7 Å². The first-order valence-corrected chi connectivity index (χ1v) is 11.0. The third kappa shape index (κ3) is 2.86. The highest BCUT2D eigenvalue weighted by Gasteiger charge is 2.45. The first-order chi connectivity index (χ1) is 14.4. The van der Waals surface area contributed by atoms with E-state index < -0.39 is 0 Å². The maximum atomic E-state index is 13.5. The van der Waals surface area contributed by atoms with E-state index in [1.54, 1.807) is 0 Å². The number of H-pyrrole nitrogens is 1. The quantitative estimate of drug-likeness (QED) is 0.828. The van der Waals surface area contributed by atoms with E-state index in [0.717, 1.165) is 73.5 Å². The van der Waals surface area contributed by atoms with Crippen molar-refractivity contribution in [3.63, 3.8) is 0 Å². The van der Waals surface area contributed by atoms with E-state index in [2.05, 4.69) is 9.97 Å². The molecule has 3 aliphatic rings. The summed E-state index contributed by atoms with van der Waals surface area (Å²) in [5.41, 5.74) is 5.36. The number of amides is 1. The Hall–Kier alpha value is -2.70. The lowest BCUT2D eigenvalue weighted by molar-refractivity contribution is 0.0627. The summed E-state index contributed by atoms with van der Waals surface area (Å²) in [6, 6.07) is 0. The van der Waals surface area contributed by atoms with Gasteiger partial charge < -0.3 is 14.8 Å². The normalized spacial score (nSPS) is 22.9. The van der Waals surface area contributed by atoms with Gasteiger partial charge in [-0.05, 0) is 56.6 Å². The highest BCUT2D eigenvalue weighted by molar-refractivity contribution is 6.04. The summed E-state index contributed by atoms with van der Waals surface area (Å²) in [5.74, 6) is 0.908. The van der Waals surface area contributed by atoms with Crippen molar-refractivity contribution in [1.82, 2.24) is 19.9 Å². The lowest BCUT2D eigenvalue weighted by Gasteiger charge is -2.40. The van der Waals surface area contributed by atoms with Crippen LogP contribution in [0.25, 0.3) is 0 Å². The van der Waals surface area contributed by atoms with E-state index in [9.17, 15) is 9.59 Å². The van der Waals surface area contributed by atoms with Gasteiger partial charge >= 0.3 is 0 Å². The molecule has 2 aromatic rings. The molecule has 0 bridgehead atoms. The van der Waals surface area contributed by atoms with Crippen LogP contribution in [0.1, 0.15) is 75.5 Å². The van der Waals surface area contributed by atoms with Crippen LogP contribution >= 0.6 is 0 Å². The fraction of sp³-hybridized carbons (Fsp3) is 0.565. The highest BCUT2D eigenvalue weighted by Crippen LogP contribution is 2.44. The Kier molecular flexibility index (Phi) is 4.45. The third-order valence-electron chi connectivity index (χ3n) is 7.14. The molecule has 2 aromatic heterocycles. The van der Waals surface area contributed by atoms with Crippen molar-refractivity contribution < 1.29 is 9.59 Å². The fourth-order valence-electron chi connectivity index (χ4n) is 5.60. The number of rotatable bonds is 2. The Morgan fingerprint density at radius 2 is 2.03 bits per heavy atom. The molecule has 1 aliphatic heterocycles. The van der Waals surface area contributed by atoms with Crippen LogP contribution in [0.15, 0.2) is 6.20 Å². The Bertz CT molecular complexity index is 1040. The van der Waals surface area contributed by atoms with Gasteiger partial charge in [0, 0.05) is 56.5 Å². The second kappa shape index (κ2) is 6.93. The first kappa shape index (κ1) is 19.3. The van der Waals surface area contributed by atoms with E-state index in [1.165, 1.54) is 5.56 Å². The summed E-state index contributed by atoms with van der Waals surface area (Å²) in [7, 11) is 3.91. The number of ketones is 1. The van der Waals surface area contributed by atoms with Gasteiger partial charge in [-0.1, -0.05) is 0 Å². The van der Waals surface area contributed by atoms with Crippen molar-refractivity contribution in [1.29, 1.82) is 0 Å². The van der Waals surface area contributed by atoms with E-state index >= 15 is 0 Å². The highest BCUT2D eigenvalue weighted by atomic mass is 16.2.